The molecule has 2 amide bonds. The number of benzene rings is 2. The number of likely N-dealkylation sites (N-methyl/N-ethyl adjacent to an activating group) is 2. The van der Waals surface area contributed by atoms with Crippen molar-refractivity contribution in [3.63, 3.8) is 0 Å². The van der Waals surface area contributed by atoms with Gasteiger partial charge in [-0.1, -0.05) is 37.0 Å². The van der Waals surface area contributed by atoms with Crippen molar-refractivity contribution in [2.75, 3.05) is 50.2 Å². The molecule has 3 rings (SSSR count). The van der Waals surface area contributed by atoms with Gasteiger partial charge in [0.05, 0.1) is 11.8 Å². The van der Waals surface area contributed by atoms with Crippen molar-refractivity contribution in [2.24, 2.45) is 0 Å². The van der Waals surface area contributed by atoms with E-state index in [0.29, 0.717) is 47.4 Å². The van der Waals surface area contributed by atoms with Crippen LogP contribution < -0.4 is 16.0 Å². The van der Waals surface area contributed by atoms with E-state index in [4.69, 9.17) is 0 Å². The molecule has 1 heterocycles. The lowest BCUT2D eigenvalue weighted by Gasteiger charge is -2.23. The molecule has 0 spiro atoms. The molecule has 0 aliphatic heterocycles. The Labute approximate surface area is 240 Å². The molecule has 10 heteroatoms. The normalized spacial score (nSPS) is 11.5. The van der Waals surface area contributed by atoms with Gasteiger partial charge in [0.2, 0.25) is 17.8 Å². The average molecular weight is 558 g/mol. The fourth-order valence-electron chi connectivity index (χ4n) is 3.52. The molecule has 214 valence electrons. The van der Waals surface area contributed by atoms with Crippen molar-refractivity contribution in [1.82, 2.24) is 19.8 Å². The Bertz CT molecular complexity index is 1450. The third-order valence-corrected chi connectivity index (χ3v) is 5.92. The van der Waals surface area contributed by atoms with E-state index in [0.717, 1.165) is 6.42 Å². The van der Waals surface area contributed by atoms with Gasteiger partial charge in [0, 0.05) is 43.2 Å². The molecule has 0 saturated heterocycles. The van der Waals surface area contributed by atoms with E-state index < -0.39 is 6.04 Å². The third-order valence-electron chi connectivity index (χ3n) is 5.92. The predicted molar refractivity (Wildman–Crippen MR) is 161 cm³/mol. The van der Waals surface area contributed by atoms with Crippen LogP contribution in [0.2, 0.25) is 0 Å². The second-order valence-electron chi connectivity index (χ2n) is 9.63. The molecule has 9 nitrogen and oxygen atoms in total. The van der Waals surface area contributed by atoms with E-state index >= 15 is 0 Å². The van der Waals surface area contributed by atoms with Crippen molar-refractivity contribution < 1.29 is 14.0 Å². The van der Waals surface area contributed by atoms with Crippen LogP contribution in [-0.2, 0) is 9.59 Å². The summed E-state index contributed by atoms with van der Waals surface area (Å²) in [5.41, 5.74) is 2.37. The Kier molecular flexibility index (Phi) is 11.4. The fraction of sp³-hybridized carbons (Fsp3) is 0.290. The highest BCUT2D eigenvalue weighted by Gasteiger charge is 2.21. The molecular formula is C31H36FN7O2. The molecule has 0 aliphatic carbocycles. The van der Waals surface area contributed by atoms with Crippen molar-refractivity contribution in [2.45, 2.75) is 26.3 Å². The van der Waals surface area contributed by atoms with E-state index in [1.807, 2.05) is 32.0 Å². The molecule has 1 aromatic heterocycles. The number of hydrogen-bond acceptors (Lipinski definition) is 7. The second-order valence-corrected chi connectivity index (χ2v) is 9.63. The van der Waals surface area contributed by atoms with Gasteiger partial charge in [-0.15, -0.1) is 0 Å². The van der Waals surface area contributed by atoms with Crippen LogP contribution in [0.15, 0.2) is 66.9 Å². The van der Waals surface area contributed by atoms with Gasteiger partial charge in [-0.2, -0.15) is 4.98 Å². The first-order valence-electron chi connectivity index (χ1n) is 13.3. The summed E-state index contributed by atoms with van der Waals surface area (Å²) in [6.07, 6.45) is 5.72. The molecule has 0 bridgehead atoms. The summed E-state index contributed by atoms with van der Waals surface area (Å²) < 4.78 is 13.6. The quantitative estimate of drug-likeness (QED) is 0.236. The van der Waals surface area contributed by atoms with Crippen LogP contribution in [-0.4, -0.2) is 71.9 Å². The zero-order valence-electron chi connectivity index (χ0n) is 24.0. The summed E-state index contributed by atoms with van der Waals surface area (Å²) in [6.45, 7) is 5.04. The Balaban J connectivity index is 1.72. The zero-order chi connectivity index (χ0) is 29.8. The molecule has 0 saturated carbocycles. The highest BCUT2D eigenvalue weighted by atomic mass is 19.1. The van der Waals surface area contributed by atoms with Crippen LogP contribution in [0, 0.1) is 17.7 Å². The smallest absolute Gasteiger partial charge is 0.246 e. The minimum atomic E-state index is -0.676. The van der Waals surface area contributed by atoms with Gasteiger partial charge < -0.3 is 25.8 Å². The number of hydrogen-bond donors (Lipinski definition) is 3. The largest absolute Gasteiger partial charge is 0.369 e. The monoisotopic (exact) mass is 557 g/mol. The standard InChI is InChI=1S/C31H36FN7O2/c1-6-17-33-29-24(21-34-31(37-29)36-27-13-8-11-25(32)20-27)16-15-23-10-7-12-26(19-23)35-30(41)22(2)39(5)28(40)14-9-18-38(3)4/h7-14,19-22H,6,17-18H2,1-5H3,(H,35,41)(H2,33,34,36,37)/t22-/m0/s1. The lowest BCUT2D eigenvalue weighted by atomic mass is 10.1. The first kappa shape index (κ1) is 30.8. The molecule has 2 aromatic carbocycles. The Morgan fingerprint density at radius 2 is 1.83 bits per heavy atom. The van der Waals surface area contributed by atoms with Crippen molar-refractivity contribution >= 4 is 35.0 Å². The molecule has 3 aromatic rings. The maximum Gasteiger partial charge on any atom is 0.246 e. The molecule has 0 fully saturated rings. The minimum Gasteiger partial charge on any atom is -0.369 e. The summed E-state index contributed by atoms with van der Waals surface area (Å²) in [7, 11) is 5.42. The van der Waals surface area contributed by atoms with Gasteiger partial charge in [-0.25, -0.2) is 9.37 Å². The average Bonchev–Trinajstić information content (AvgIpc) is 2.94. The topological polar surface area (TPSA) is 102 Å². The lowest BCUT2D eigenvalue weighted by Crippen LogP contribution is -2.42. The molecule has 1 atom stereocenters. The van der Waals surface area contributed by atoms with Gasteiger partial charge in [0.25, 0.3) is 0 Å². The maximum absolute atomic E-state index is 13.6. The summed E-state index contributed by atoms with van der Waals surface area (Å²) >= 11 is 0. The Morgan fingerprint density at radius 1 is 1.07 bits per heavy atom. The van der Waals surface area contributed by atoms with Gasteiger partial charge in [0.1, 0.15) is 17.7 Å². The summed E-state index contributed by atoms with van der Waals surface area (Å²) in [4.78, 5) is 37.4. The summed E-state index contributed by atoms with van der Waals surface area (Å²) in [6, 6.07) is 12.5. The highest BCUT2D eigenvalue weighted by molar-refractivity contribution is 5.98. The van der Waals surface area contributed by atoms with E-state index in [1.165, 1.54) is 23.1 Å². The summed E-state index contributed by atoms with van der Waals surface area (Å²) in [5.74, 6) is 6.15. The van der Waals surface area contributed by atoms with Crippen LogP contribution in [0.3, 0.4) is 0 Å². The zero-order valence-corrected chi connectivity index (χ0v) is 24.0. The lowest BCUT2D eigenvalue weighted by molar-refractivity contribution is -0.132. The number of halogens is 1. The van der Waals surface area contributed by atoms with Crippen LogP contribution in [0.5, 0.6) is 0 Å². The number of rotatable bonds is 11. The van der Waals surface area contributed by atoms with E-state index in [1.54, 1.807) is 56.6 Å². The Morgan fingerprint density at radius 3 is 2.56 bits per heavy atom. The van der Waals surface area contributed by atoms with Crippen molar-refractivity contribution in [1.29, 1.82) is 0 Å². The first-order valence-corrected chi connectivity index (χ1v) is 13.3. The van der Waals surface area contributed by atoms with Crippen LogP contribution >= 0.6 is 0 Å². The number of nitrogens with one attached hydrogen (secondary N) is 3. The fourth-order valence-corrected chi connectivity index (χ4v) is 3.52. The molecular weight excluding hydrogens is 521 g/mol. The molecule has 0 aliphatic rings. The predicted octanol–water partition coefficient (Wildman–Crippen LogP) is 4.48. The van der Waals surface area contributed by atoms with E-state index in [-0.39, 0.29) is 17.6 Å². The van der Waals surface area contributed by atoms with Crippen LogP contribution in [0.4, 0.5) is 27.5 Å². The molecule has 41 heavy (non-hydrogen) atoms. The number of carbonyl (C=O) groups is 2. The van der Waals surface area contributed by atoms with Crippen molar-refractivity contribution in [3.8, 4) is 11.8 Å². The number of aromatic nitrogens is 2. The van der Waals surface area contributed by atoms with Crippen LogP contribution in [0.1, 0.15) is 31.4 Å². The van der Waals surface area contributed by atoms with Crippen molar-refractivity contribution in [3.05, 3.63) is 83.8 Å². The third kappa shape index (κ3) is 9.74. The van der Waals surface area contributed by atoms with Crippen LogP contribution in [0.25, 0.3) is 0 Å². The van der Waals surface area contributed by atoms with Gasteiger partial charge in [-0.3, -0.25) is 9.59 Å². The Hall–Kier alpha value is -4.75. The number of carbonyl (C=O) groups excluding carboxylic acids is 2. The maximum atomic E-state index is 13.6. The van der Waals surface area contributed by atoms with Gasteiger partial charge >= 0.3 is 0 Å². The number of anilines is 4. The second kappa shape index (κ2) is 15.1. The highest BCUT2D eigenvalue weighted by Crippen LogP contribution is 2.18. The van der Waals surface area contributed by atoms with Gasteiger partial charge in [-0.05, 0) is 63.8 Å². The molecule has 3 N–H and O–H groups in total. The number of amides is 2. The van der Waals surface area contributed by atoms with Gasteiger partial charge in [0.15, 0.2) is 0 Å². The van der Waals surface area contributed by atoms with E-state index in [2.05, 4.69) is 37.8 Å². The SMILES string of the molecule is CCCNc1nc(Nc2cccc(F)c2)ncc1C#Cc1cccc(NC(=O)[C@H](C)N(C)C(=O)C=CCN(C)C)c1. The summed E-state index contributed by atoms with van der Waals surface area (Å²) in [5, 5.41) is 9.13. The van der Waals surface area contributed by atoms with E-state index in [9.17, 15) is 14.0 Å². The number of nitrogens with zero attached hydrogens (tertiary/aromatic N) is 4. The molecule has 0 unspecified atom stereocenters. The molecule has 0 radical (unpaired) electrons. The first-order chi connectivity index (χ1) is 19.7. The minimum absolute atomic E-state index is 0.249.